The second-order valence-corrected chi connectivity index (χ2v) is 5.28. The molecule has 102 valence electrons. The number of halogens is 3. The van der Waals surface area contributed by atoms with Crippen molar-refractivity contribution in [3.05, 3.63) is 32.8 Å². The first kappa shape index (κ1) is 16.1. The number of nitrogens with zero attached hydrogens (tertiary/aromatic N) is 3. The molecule has 0 bridgehead atoms. The van der Waals surface area contributed by atoms with Crippen LogP contribution in [0.25, 0.3) is 0 Å². The second-order valence-electron chi connectivity index (χ2n) is 4.06. The number of benzene rings is 1. The predicted octanol–water partition coefficient (Wildman–Crippen LogP) is 4.93. The highest BCUT2D eigenvalue weighted by Crippen LogP contribution is 2.34. The van der Waals surface area contributed by atoms with E-state index in [1.165, 1.54) is 0 Å². The van der Waals surface area contributed by atoms with Crippen molar-refractivity contribution in [2.75, 3.05) is 7.05 Å². The fourth-order valence-corrected chi connectivity index (χ4v) is 2.47. The molecule has 0 fully saturated rings. The van der Waals surface area contributed by atoms with Gasteiger partial charge >= 0.3 is 0 Å². The van der Waals surface area contributed by atoms with Crippen molar-refractivity contribution in [3.63, 3.8) is 0 Å². The van der Waals surface area contributed by atoms with Gasteiger partial charge in [-0.2, -0.15) is 10.3 Å². The predicted molar refractivity (Wildman–Crippen MR) is 81.0 cm³/mol. The second kappa shape index (κ2) is 7.00. The lowest BCUT2D eigenvalue weighted by Gasteiger charge is -2.28. The smallest absolute Gasteiger partial charge is 0.207 e. The summed E-state index contributed by atoms with van der Waals surface area (Å²) in [5.41, 5.74) is 0.845. The molecule has 0 saturated heterocycles. The Morgan fingerprint density at radius 1 is 1.32 bits per heavy atom. The maximum absolute atomic E-state index is 8.68. The maximum Gasteiger partial charge on any atom is 0.207 e. The van der Waals surface area contributed by atoms with Crippen LogP contribution in [-0.2, 0) is 0 Å². The summed E-state index contributed by atoms with van der Waals surface area (Å²) in [4.78, 5) is 5.70. The minimum Gasteiger partial charge on any atom is -0.356 e. The van der Waals surface area contributed by atoms with Gasteiger partial charge in [0.05, 0.1) is 16.1 Å². The first-order valence-corrected chi connectivity index (χ1v) is 6.88. The molecule has 6 heteroatoms. The van der Waals surface area contributed by atoms with Gasteiger partial charge in [0.15, 0.2) is 0 Å². The number of rotatable bonds is 3. The van der Waals surface area contributed by atoms with E-state index >= 15 is 0 Å². The first-order valence-electron chi connectivity index (χ1n) is 5.75. The number of amidine groups is 1. The van der Waals surface area contributed by atoms with E-state index in [0.29, 0.717) is 27.3 Å². The van der Waals surface area contributed by atoms with Gasteiger partial charge in [-0.25, -0.2) is 0 Å². The Morgan fingerprint density at radius 3 is 2.42 bits per heavy atom. The molecule has 1 atom stereocenters. The lowest BCUT2D eigenvalue weighted by atomic mass is 10.1. The zero-order valence-corrected chi connectivity index (χ0v) is 13.2. The van der Waals surface area contributed by atoms with Gasteiger partial charge in [-0.05, 0) is 24.6 Å². The Bertz CT molecular complexity index is 535. The molecule has 1 aromatic rings. The summed E-state index contributed by atoms with van der Waals surface area (Å²) in [6.07, 6.45) is 2.47. The summed E-state index contributed by atoms with van der Waals surface area (Å²) in [6, 6.07) is 3.31. The lowest BCUT2D eigenvalue weighted by Crippen LogP contribution is -2.29. The number of hydrogen-bond donors (Lipinski definition) is 0. The van der Waals surface area contributed by atoms with Crippen LogP contribution >= 0.6 is 34.8 Å². The molecule has 0 aliphatic rings. The highest BCUT2D eigenvalue weighted by Gasteiger charge is 2.18. The third-order valence-corrected chi connectivity index (χ3v) is 4.02. The van der Waals surface area contributed by atoms with Gasteiger partial charge in [0.1, 0.15) is 5.84 Å². The Hall–Kier alpha value is -0.950. The summed E-state index contributed by atoms with van der Waals surface area (Å²) in [7, 11) is 1.86. The zero-order chi connectivity index (χ0) is 14.6. The summed E-state index contributed by atoms with van der Waals surface area (Å²) in [6.45, 7) is 3.91. The largest absolute Gasteiger partial charge is 0.356 e. The van der Waals surface area contributed by atoms with E-state index in [1.54, 1.807) is 12.1 Å². The average Bonchev–Trinajstić information content (AvgIpc) is 2.38. The first-order chi connectivity index (χ1) is 8.92. The molecule has 1 aromatic carbocycles. The van der Waals surface area contributed by atoms with Crippen molar-refractivity contribution in [2.24, 2.45) is 4.99 Å². The van der Waals surface area contributed by atoms with Crippen LogP contribution in [-0.4, -0.2) is 17.8 Å². The van der Waals surface area contributed by atoms with Crippen molar-refractivity contribution in [2.45, 2.75) is 26.3 Å². The third kappa shape index (κ3) is 3.76. The standard InChI is InChI=1S/C13H14Cl3N3/c1-4-13(18-7-17)19(3)8(2)9-5-11(15)12(16)6-10(9)14/h5-6,8H,4H2,1-3H3/b18-13+. The van der Waals surface area contributed by atoms with Crippen LogP contribution in [0.15, 0.2) is 17.1 Å². The molecule has 0 radical (unpaired) electrons. The van der Waals surface area contributed by atoms with Gasteiger partial charge in [-0.15, -0.1) is 0 Å². The van der Waals surface area contributed by atoms with Crippen LogP contribution in [0, 0.1) is 11.5 Å². The highest BCUT2D eigenvalue weighted by molar-refractivity contribution is 6.43. The Balaban J connectivity index is 3.13. The number of nitriles is 1. The molecule has 0 saturated carbocycles. The van der Waals surface area contributed by atoms with Crippen LogP contribution in [0.1, 0.15) is 31.9 Å². The van der Waals surface area contributed by atoms with E-state index in [4.69, 9.17) is 40.1 Å². The molecule has 1 rings (SSSR count). The molecule has 0 spiro atoms. The minimum absolute atomic E-state index is 0.0608. The molecule has 0 aliphatic carbocycles. The van der Waals surface area contributed by atoms with Crippen LogP contribution < -0.4 is 0 Å². The van der Waals surface area contributed by atoms with E-state index < -0.39 is 0 Å². The van der Waals surface area contributed by atoms with E-state index in [2.05, 4.69) is 4.99 Å². The van der Waals surface area contributed by atoms with Gasteiger partial charge in [0, 0.05) is 18.5 Å². The molecule has 3 nitrogen and oxygen atoms in total. The molecule has 19 heavy (non-hydrogen) atoms. The Morgan fingerprint density at radius 2 is 1.89 bits per heavy atom. The maximum atomic E-state index is 8.68. The molecule has 1 unspecified atom stereocenters. The normalized spacial score (nSPS) is 13.0. The summed E-state index contributed by atoms with van der Waals surface area (Å²) < 4.78 is 0. The zero-order valence-electron chi connectivity index (χ0n) is 10.9. The van der Waals surface area contributed by atoms with Crippen molar-refractivity contribution in [1.29, 1.82) is 5.26 Å². The van der Waals surface area contributed by atoms with Crippen LogP contribution in [0.4, 0.5) is 0 Å². The monoisotopic (exact) mass is 317 g/mol. The lowest BCUT2D eigenvalue weighted by molar-refractivity contribution is 0.396. The van der Waals surface area contributed by atoms with E-state index in [1.807, 2.05) is 32.0 Å². The molecule has 0 amide bonds. The van der Waals surface area contributed by atoms with Crippen molar-refractivity contribution in [1.82, 2.24) is 4.90 Å². The van der Waals surface area contributed by atoms with Gasteiger partial charge in [-0.1, -0.05) is 41.7 Å². The van der Waals surface area contributed by atoms with Gasteiger partial charge in [0.2, 0.25) is 6.19 Å². The van der Waals surface area contributed by atoms with Gasteiger partial charge < -0.3 is 4.90 Å². The SMILES string of the molecule is CC/C(=N\C#N)N(C)C(C)c1cc(Cl)c(Cl)cc1Cl. The quantitative estimate of drug-likeness (QED) is 0.343. The fraction of sp³-hybridized carbons (Fsp3) is 0.385. The van der Waals surface area contributed by atoms with Crippen LogP contribution in [0.5, 0.6) is 0 Å². The molecule has 0 N–H and O–H groups in total. The van der Waals surface area contributed by atoms with Gasteiger partial charge in [0.25, 0.3) is 0 Å². The van der Waals surface area contributed by atoms with Crippen LogP contribution in [0.2, 0.25) is 15.1 Å². The van der Waals surface area contributed by atoms with Crippen LogP contribution in [0.3, 0.4) is 0 Å². The Labute approximate surface area is 128 Å². The van der Waals surface area contributed by atoms with Crippen molar-refractivity contribution in [3.8, 4) is 6.19 Å². The van der Waals surface area contributed by atoms with Crippen molar-refractivity contribution >= 4 is 40.6 Å². The number of aliphatic imine (C=N–C) groups is 1. The molecular weight excluding hydrogens is 305 g/mol. The van der Waals surface area contributed by atoms with E-state index in [9.17, 15) is 0 Å². The summed E-state index contributed by atoms with van der Waals surface area (Å²) >= 11 is 18.1. The molecule has 0 aliphatic heterocycles. The van der Waals surface area contributed by atoms with Gasteiger partial charge in [-0.3, -0.25) is 0 Å². The fourth-order valence-electron chi connectivity index (χ4n) is 1.76. The summed E-state index contributed by atoms with van der Waals surface area (Å²) in [5.74, 6) is 0.692. The molecular formula is C13H14Cl3N3. The number of hydrogen-bond acceptors (Lipinski definition) is 2. The third-order valence-electron chi connectivity index (χ3n) is 2.97. The minimum atomic E-state index is -0.0608. The summed E-state index contributed by atoms with van der Waals surface area (Å²) in [5, 5.41) is 10.1. The Kier molecular flexibility index (Phi) is 5.93. The molecule has 0 heterocycles. The average molecular weight is 319 g/mol. The highest BCUT2D eigenvalue weighted by atomic mass is 35.5. The van der Waals surface area contributed by atoms with Crippen molar-refractivity contribution < 1.29 is 0 Å². The topological polar surface area (TPSA) is 39.4 Å². The van der Waals surface area contributed by atoms with E-state index in [0.717, 1.165) is 5.56 Å². The molecule has 0 aromatic heterocycles. The van der Waals surface area contributed by atoms with E-state index in [-0.39, 0.29) is 6.04 Å².